The first-order valence-electron chi connectivity index (χ1n) is 10.8. The van der Waals surface area contributed by atoms with Crippen molar-refractivity contribution < 1.29 is 24.2 Å². The van der Waals surface area contributed by atoms with Crippen LogP contribution in [0.2, 0.25) is 0 Å². The number of phenols is 1. The van der Waals surface area contributed by atoms with Gasteiger partial charge in [0.15, 0.2) is 5.75 Å². The summed E-state index contributed by atoms with van der Waals surface area (Å²) in [5.41, 5.74) is 1.17. The number of H-pyrrole nitrogens is 1. The summed E-state index contributed by atoms with van der Waals surface area (Å²) >= 11 is 0. The summed E-state index contributed by atoms with van der Waals surface area (Å²) in [6.07, 6.45) is 1.16. The molecular weight excluding hydrogens is 410 g/mol. The Morgan fingerprint density at radius 3 is 2.19 bits per heavy atom. The average Bonchev–Trinajstić information content (AvgIpc) is 2.66. The van der Waals surface area contributed by atoms with Crippen LogP contribution in [0.25, 0.3) is 0 Å². The lowest BCUT2D eigenvalue weighted by molar-refractivity contribution is -0.135. The molecule has 0 saturated heterocycles. The normalized spacial score (nSPS) is 16.3. The number of benzene rings is 1. The summed E-state index contributed by atoms with van der Waals surface area (Å²) in [5, 5.41) is 11.0. The van der Waals surface area contributed by atoms with Gasteiger partial charge in [-0.05, 0) is 34.4 Å². The number of carbonyl (C=O) groups is 2. The van der Waals surface area contributed by atoms with Crippen molar-refractivity contribution in [2.75, 3.05) is 6.61 Å². The number of phenolic OH excluding ortho intramolecular Hbond substituents is 1. The van der Waals surface area contributed by atoms with Crippen LogP contribution in [-0.4, -0.2) is 28.6 Å². The lowest BCUT2D eigenvalue weighted by Crippen LogP contribution is -2.30. The molecule has 1 aromatic carbocycles. The molecule has 2 heterocycles. The van der Waals surface area contributed by atoms with Gasteiger partial charge < -0.3 is 19.6 Å². The Hall–Kier alpha value is -3.09. The quantitative estimate of drug-likeness (QED) is 0.688. The van der Waals surface area contributed by atoms with Gasteiger partial charge in [-0.15, -0.1) is 0 Å². The van der Waals surface area contributed by atoms with Crippen LogP contribution in [0, 0.1) is 0 Å². The first-order chi connectivity index (χ1) is 14.8. The van der Waals surface area contributed by atoms with Crippen LogP contribution in [0.3, 0.4) is 0 Å². The fraction of sp³-hybridized carbons (Fsp3) is 0.480. The number of esters is 2. The molecule has 0 saturated carbocycles. The number of nitrogens with one attached hydrogen (secondary N) is 1. The summed E-state index contributed by atoms with van der Waals surface area (Å²) < 4.78 is 10.4. The van der Waals surface area contributed by atoms with E-state index in [2.05, 4.69) is 4.98 Å². The van der Waals surface area contributed by atoms with Crippen molar-refractivity contribution in [2.24, 2.45) is 0 Å². The number of aromatic hydroxyl groups is 1. The van der Waals surface area contributed by atoms with Crippen molar-refractivity contribution in [2.45, 2.75) is 71.6 Å². The Labute approximate surface area is 187 Å². The van der Waals surface area contributed by atoms with E-state index in [1.54, 1.807) is 6.92 Å². The van der Waals surface area contributed by atoms with E-state index in [0.29, 0.717) is 5.56 Å². The molecule has 2 N–H and O–H groups in total. The molecule has 1 aliphatic rings. The Bertz CT molecular complexity index is 1100. The monoisotopic (exact) mass is 441 g/mol. The highest BCUT2D eigenvalue weighted by Crippen LogP contribution is 2.45. The number of aromatic nitrogens is 1. The minimum absolute atomic E-state index is 0.00497. The predicted octanol–water partition coefficient (Wildman–Crippen LogP) is 4.29. The molecule has 32 heavy (non-hydrogen) atoms. The van der Waals surface area contributed by atoms with Crippen molar-refractivity contribution in [1.82, 2.24) is 4.98 Å². The molecule has 0 spiro atoms. The molecule has 0 aliphatic carbocycles. The van der Waals surface area contributed by atoms with Crippen LogP contribution in [0.15, 0.2) is 23.1 Å². The van der Waals surface area contributed by atoms with Crippen LogP contribution in [0.1, 0.15) is 93.4 Å². The van der Waals surface area contributed by atoms with Gasteiger partial charge in [0.05, 0.1) is 18.6 Å². The number of carbonyl (C=O) groups excluding carboxylic acids is 2. The largest absolute Gasteiger partial charge is 0.507 e. The van der Waals surface area contributed by atoms with E-state index in [1.807, 2.05) is 53.7 Å². The zero-order chi connectivity index (χ0) is 24.0. The highest BCUT2D eigenvalue weighted by Gasteiger charge is 2.37. The molecule has 0 bridgehead atoms. The molecule has 0 amide bonds. The topological polar surface area (TPSA) is 106 Å². The second kappa shape index (κ2) is 8.11. The van der Waals surface area contributed by atoms with E-state index in [4.69, 9.17) is 9.47 Å². The van der Waals surface area contributed by atoms with Crippen LogP contribution >= 0.6 is 0 Å². The second-order valence-electron chi connectivity index (χ2n) is 10.2. The Morgan fingerprint density at radius 2 is 1.69 bits per heavy atom. The Morgan fingerprint density at radius 1 is 1.12 bits per heavy atom. The van der Waals surface area contributed by atoms with Crippen molar-refractivity contribution in [3.8, 4) is 11.5 Å². The maximum absolute atomic E-state index is 12.9. The van der Waals surface area contributed by atoms with Gasteiger partial charge in [0.25, 0.3) is 5.56 Å². The fourth-order valence-electron chi connectivity index (χ4n) is 4.03. The van der Waals surface area contributed by atoms with Gasteiger partial charge in [0.1, 0.15) is 11.3 Å². The molecule has 172 valence electrons. The molecule has 0 radical (unpaired) electrons. The summed E-state index contributed by atoms with van der Waals surface area (Å²) in [6, 6.07) is 3.68. The number of pyridine rings is 1. The number of fused-ring (bicyclic) bond motifs is 1. The number of aromatic amines is 1. The summed E-state index contributed by atoms with van der Waals surface area (Å²) in [6.45, 7) is 13.8. The minimum Gasteiger partial charge on any atom is -0.507 e. The molecule has 7 heteroatoms. The maximum Gasteiger partial charge on any atom is 0.343 e. The van der Waals surface area contributed by atoms with Gasteiger partial charge in [-0.2, -0.15) is 0 Å². The van der Waals surface area contributed by atoms with Gasteiger partial charge >= 0.3 is 11.9 Å². The lowest BCUT2D eigenvalue weighted by Gasteiger charge is -2.31. The van der Waals surface area contributed by atoms with E-state index >= 15 is 0 Å². The molecule has 1 unspecified atom stereocenters. The van der Waals surface area contributed by atoms with Crippen LogP contribution in [-0.2, 0) is 20.4 Å². The fourth-order valence-corrected chi connectivity index (χ4v) is 4.03. The summed E-state index contributed by atoms with van der Waals surface area (Å²) in [5.74, 6) is -1.70. The molecule has 7 nitrogen and oxygen atoms in total. The molecule has 1 aliphatic heterocycles. The zero-order valence-corrected chi connectivity index (χ0v) is 19.7. The highest BCUT2D eigenvalue weighted by atomic mass is 16.5. The molecule has 0 fully saturated rings. The van der Waals surface area contributed by atoms with E-state index in [0.717, 1.165) is 11.1 Å². The zero-order valence-electron chi connectivity index (χ0n) is 19.7. The van der Waals surface area contributed by atoms with E-state index < -0.39 is 23.4 Å². The molecule has 3 rings (SSSR count). The molecular formula is C25H31NO6. The van der Waals surface area contributed by atoms with Gasteiger partial charge in [0, 0.05) is 12.1 Å². The van der Waals surface area contributed by atoms with Gasteiger partial charge in [-0.1, -0.05) is 53.7 Å². The van der Waals surface area contributed by atoms with E-state index in [9.17, 15) is 19.5 Å². The first-order valence-corrected chi connectivity index (χ1v) is 10.8. The Kier molecular flexibility index (Phi) is 5.98. The Balaban J connectivity index is 2.31. The average molecular weight is 442 g/mol. The van der Waals surface area contributed by atoms with Gasteiger partial charge in [0.2, 0.25) is 0 Å². The maximum atomic E-state index is 12.9. The van der Waals surface area contributed by atoms with Crippen molar-refractivity contribution >= 4 is 11.9 Å². The minimum atomic E-state index is -0.676. The molecule has 1 atom stereocenters. The van der Waals surface area contributed by atoms with Crippen molar-refractivity contribution in [3.05, 3.63) is 56.5 Å². The first kappa shape index (κ1) is 23.6. The predicted molar refractivity (Wildman–Crippen MR) is 121 cm³/mol. The second-order valence-corrected chi connectivity index (χ2v) is 10.2. The third-order valence-electron chi connectivity index (χ3n) is 5.66. The third-order valence-corrected chi connectivity index (χ3v) is 5.66. The SMILES string of the molecule is CCOC(=O)c1c[nH]c(=O)c2c1OC(=O)CC2c1cc(C(C)(C)C)c(O)c(C(C)(C)C)c1. The lowest BCUT2D eigenvalue weighted by atomic mass is 9.75. The third kappa shape index (κ3) is 4.29. The van der Waals surface area contributed by atoms with Crippen LogP contribution < -0.4 is 10.3 Å². The van der Waals surface area contributed by atoms with E-state index in [1.165, 1.54) is 6.20 Å². The van der Waals surface area contributed by atoms with Crippen molar-refractivity contribution in [1.29, 1.82) is 0 Å². The van der Waals surface area contributed by atoms with Gasteiger partial charge in [-0.3, -0.25) is 9.59 Å². The number of ether oxygens (including phenoxy) is 2. The summed E-state index contributed by atoms with van der Waals surface area (Å²) in [4.78, 5) is 40.4. The van der Waals surface area contributed by atoms with Gasteiger partial charge in [-0.25, -0.2) is 4.79 Å². The van der Waals surface area contributed by atoms with Crippen molar-refractivity contribution in [3.63, 3.8) is 0 Å². The number of rotatable bonds is 3. The van der Waals surface area contributed by atoms with E-state index in [-0.39, 0.29) is 46.5 Å². The smallest absolute Gasteiger partial charge is 0.343 e. The molecule has 2 aromatic rings. The highest BCUT2D eigenvalue weighted by molar-refractivity contribution is 5.94. The summed E-state index contributed by atoms with van der Waals surface area (Å²) in [7, 11) is 0. The number of hydrogen-bond donors (Lipinski definition) is 2. The van der Waals surface area contributed by atoms with Crippen LogP contribution in [0.5, 0.6) is 11.5 Å². The standard InChI is InChI=1S/C25H31NO6/c1-8-31-23(30)15-12-26-22(29)19-14(11-18(27)32-21(15)19)13-9-16(24(2,3)4)20(28)17(10-13)25(5,6)7/h9-10,12,14,28H,8,11H2,1-7H3,(H,26,29). The number of hydrogen-bond acceptors (Lipinski definition) is 6. The molecule has 1 aromatic heterocycles. The van der Waals surface area contributed by atoms with Crippen LogP contribution in [0.4, 0.5) is 0 Å².